The molecular weight excluding hydrogens is 142 g/mol. The lowest BCUT2D eigenvalue weighted by molar-refractivity contribution is 2.13. The van der Waals surface area contributed by atoms with Gasteiger partial charge in [-0.1, -0.05) is 23.3 Å². The van der Waals surface area contributed by atoms with Gasteiger partial charge in [-0.25, -0.2) is 0 Å². The van der Waals surface area contributed by atoms with Crippen molar-refractivity contribution in [3.8, 4) is 0 Å². The highest BCUT2D eigenvalue weighted by Crippen LogP contribution is 2.27. The summed E-state index contributed by atoms with van der Waals surface area (Å²) in [4.78, 5) is 0. The van der Waals surface area contributed by atoms with Crippen molar-refractivity contribution >= 4 is 43.0 Å². The van der Waals surface area contributed by atoms with Gasteiger partial charge in [0.15, 0.2) is 0 Å². The zero-order chi connectivity index (χ0) is 3.41. The average Bonchev–Trinajstić information content (AvgIpc) is 1.37. The minimum Gasteiger partial charge on any atom is -0.344 e. The van der Waals surface area contributed by atoms with E-state index in [1.54, 1.807) is 0 Å². The Kier molecular flexibility index (Phi) is 17.4. The molecule has 0 aromatic rings. The molecule has 0 aliphatic carbocycles. The molecule has 0 bridgehead atoms. The van der Waals surface area contributed by atoms with Crippen LogP contribution in [0.1, 0.15) is 0 Å². The first-order chi connectivity index (χ1) is 1.91. The van der Waals surface area contributed by atoms with Crippen LogP contribution in [0, 0.1) is 0 Å². The second-order valence-electron chi connectivity index (χ2n) is 0.149. The molecule has 0 unspecified atom stereocenters. The summed E-state index contributed by atoms with van der Waals surface area (Å²) in [6.07, 6.45) is 0. The van der Waals surface area contributed by atoms with Gasteiger partial charge < -0.3 is 6.15 Å². The summed E-state index contributed by atoms with van der Waals surface area (Å²) in [7, 11) is 2.66. The van der Waals surface area contributed by atoms with Gasteiger partial charge in [0.1, 0.15) is 0 Å². The van der Waals surface area contributed by atoms with Crippen LogP contribution in [0.25, 0.3) is 0 Å². The van der Waals surface area contributed by atoms with Crippen LogP contribution in [0.5, 0.6) is 0 Å². The highest BCUT2D eigenvalue weighted by Gasteiger charge is 1.58. The fraction of sp³-hybridized carbons (Fsp3) is 0. The Balaban J connectivity index is 0. The van der Waals surface area contributed by atoms with E-state index in [1.165, 1.54) is 19.7 Å². The van der Waals surface area contributed by atoms with Gasteiger partial charge in [0, 0.05) is 0 Å². The van der Waals surface area contributed by atoms with Crippen LogP contribution in [0.3, 0.4) is 0 Å². The quantitative estimate of drug-likeness (QED) is 0.393. The number of thiol groups is 2. The first-order valence-electron chi connectivity index (χ1n) is 0.532. The SMILES string of the molecule is N.SSSS. The molecule has 0 heterocycles. The Morgan fingerprint density at radius 2 is 1.20 bits per heavy atom. The fourth-order valence-corrected chi connectivity index (χ4v) is 0. The molecule has 0 rings (SSSR count). The van der Waals surface area contributed by atoms with E-state index in [0.717, 1.165) is 0 Å². The molecule has 0 aliphatic rings. The van der Waals surface area contributed by atoms with Crippen molar-refractivity contribution in [2.45, 2.75) is 0 Å². The Morgan fingerprint density at radius 1 is 1.00 bits per heavy atom. The molecule has 0 aromatic heterocycles. The van der Waals surface area contributed by atoms with Crippen LogP contribution < -0.4 is 6.15 Å². The molecule has 1 nitrogen and oxygen atoms in total. The fourth-order valence-electron chi connectivity index (χ4n) is 0. The van der Waals surface area contributed by atoms with Crippen molar-refractivity contribution in [1.29, 1.82) is 0 Å². The topological polar surface area (TPSA) is 35.0 Å². The van der Waals surface area contributed by atoms with E-state index in [2.05, 4.69) is 23.3 Å². The Labute approximate surface area is 49.3 Å². The van der Waals surface area contributed by atoms with Gasteiger partial charge in [-0.15, -0.1) is 0 Å². The standard InChI is InChI=1S/H3N.H2S4/c;1-3-4-2/h1H3;1-2H. The summed E-state index contributed by atoms with van der Waals surface area (Å²) >= 11 is 7.45. The summed E-state index contributed by atoms with van der Waals surface area (Å²) in [6, 6.07) is 0. The van der Waals surface area contributed by atoms with Gasteiger partial charge in [-0.3, -0.25) is 0 Å². The number of hydrogen-bond donors (Lipinski definition) is 3. The lowest BCUT2D eigenvalue weighted by Gasteiger charge is -1.66. The minimum absolute atomic E-state index is 0. The third-order valence-electron chi connectivity index (χ3n) is 0.0333. The van der Waals surface area contributed by atoms with Gasteiger partial charge in [0.05, 0.1) is 0 Å². The summed E-state index contributed by atoms with van der Waals surface area (Å²) in [5.74, 6) is 0. The number of rotatable bonds is 1. The van der Waals surface area contributed by atoms with Gasteiger partial charge in [-0.2, -0.15) is 0 Å². The molecule has 0 radical (unpaired) electrons. The van der Waals surface area contributed by atoms with Crippen LogP contribution in [-0.4, -0.2) is 0 Å². The maximum absolute atomic E-state index is 3.72. The summed E-state index contributed by atoms with van der Waals surface area (Å²) in [5, 5.41) is 0. The van der Waals surface area contributed by atoms with Crippen molar-refractivity contribution in [3.05, 3.63) is 0 Å². The van der Waals surface area contributed by atoms with E-state index in [4.69, 9.17) is 0 Å². The largest absolute Gasteiger partial charge is 0.344 e. The molecule has 3 N–H and O–H groups in total. The molecule has 0 fully saturated rings. The monoisotopic (exact) mass is 147 g/mol. The molecule has 0 spiro atoms. The summed E-state index contributed by atoms with van der Waals surface area (Å²) < 4.78 is 0. The number of hydrogen-bond acceptors (Lipinski definition) is 5. The molecule has 0 saturated heterocycles. The molecule has 34 valence electrons. The highest BCUT2D eigenvalue weighted by molar-refractivity contribution is 9.21. The third-order valence-corrected chi connectivity index (χ3v) is 2.70. The zero-order valence-corrected chi connectivity index (χ0v) is 5.84. The second kappa shape index (κ2) is 9.03. The third kappa shape index (κ3) is 10.9. The van der Waals surface area contributed by atoms with Crippen LogP contribution in [-0.2, 0) is 0 Å². The van der Waals surface area contributed by atoms with E-state index >= 15 is 0 Å². The van der Waals surface area contributed by atoms with Crippen molar-refractivity contribution < 1.29 is 0 Å². The van der Waals surface area contributed by atoms with Crippen molar-refractivity contribution in [2.24, 2.45) is 0 Å². The predicted molar refractivity (Wildman–Crippen MR) is 38.2 cm³/mol. The van der Waals surface area contributed by atoms with E-state index < -0.39 is 0 Å². The maximum Gasteiger partial charge on any atom is -0.0170 e. The van der Waals surface area contributed by atoms with Gasteiger partial charge in [0.2, 0.25) is 0 Å². The lowest BCUT2D eigenvalue weighted by atomic mass is 14.0. The molecule has 0 aromatic carbocycles. The Morgan fingerprint density at radius 3 is 1.20 bits per heavy atom. The molecule has 5 heteroatoms. The normalized spacial score (nSPS) is 6.00. The first kappa shape index (κ1) is 9.61. The van der Waals surface area contributed by atoms with Crippen molar-refractivity contribution in [1.82, 2.24) is 6.15 Å². The first-order valence-corrected chi connectivity index (χ1v) is 4.79. The van der Waals surface area contributed by atoms with Crippen molar-refractivity contribution in [2.75, 3.05) is 0 Å². The lowest BCUT2D eigenvalue weighted by Crippen LogP contribution is -0.969. The Bertz CT molecular complexity index is 5.61. The smallest absolute Gasteiger partial charge is 0.0170 e. The molecule has 0 atom stereocenters. The van der Waals surface area contributed by atoms with Crippen LogP contribution in [0.15, 0.2) is 0 Å². The Hall–Kier alpha value is 1.36. The predicted octanol–water partition coefficient (Wildman–Crippen LogP) is 2.22. The van der Waals surface area contributed by atoms with E-state index in [9.17, 15) is 0 Å². The van der Waals surface area contributed by atoms with E-state index in [0.29, 0.717) is 0 Å². The summed E-state index contributed by atoms with van der Waals surface area (Å²) in [5.41, 5.74) is 0. The van der Waals surface area contributed by atoms with Gasteiger partial charge in [-0.05, 0) is 19.7 Å². The van der Waals surface area contributed by atoms with Crippen LogP contribution >= 0.6 is 43.0 Å². The van der Waals surface area contributed by atoms with Crippen LogP contribution in [0.2, 0.25) is 0 Å². The average molecular weight is 147 g/mol. The molecule has 5 heavy (non-hydrogen) atoms. The highest BCUT2D eigenvalue weighted by atomic mass is 33.7. The maximum atomic E-state index is 3.72. The molecule has 0 amide bonds. The van der Waals surface area contributed by atoms with Gasteiger partial charge in [0.25, 0.3) is 0 Å². The second-order valence-corrected chi connectivity index (χ2v) is 4.02. The minimum atomic E-state index is 0. The van der Waals surface area contributed by atoms with E-state index in [1.807, 2.05) is 0 Å². The zero-order valence-electron chi connectivity index (χ0n) is 2.42. The molecular formula is H5NS4. The molecule has 0 saturated carbocycles. The summed E-state index contributed by atoms with van der Waals surface area (Å²) in [6.45, 7) is 0. The van der Waals surface area contributed by atoms with Crippen molar-refractivity contribution in [3.63, 3.8) is 0 Å². The molecule has 0 aliphatic heterocycles. The van der Waals surface area contributed by atoms with Gasteiger partial charge >= 0.3 is 0 Å². The van der Waals surface area contributed by atoms with Crippen LogP contribution in [0.4, 0.5) is 0 Å². The van der Waals surface area contributed by atoms with E-state index in [-0.39, 0.29) is 6.15 Å².